The van der Waals surface area contributed by atoms with Crippen LogP contribution in [-0.2, 0) is 19.4 Å². The molecule has 2 saturated heterocycles. The highest BCUT2D eigenvalue weighted by Gasteiger charge is 2.48. The number of hydrogen-bond acceptors (Lipinski definition) is 4. The zero-order valence-electron chi connectivity index (χ0n) is 12.9. The molecule has 120 valence electrons. The highest BCUT2D eigenvalue weighted by Crippen LogP contribution is 2.28. The van der Waals surface area contributed by atoms with E-state index in [1.165, 1.54) is 0 Å². The predicted octanol–water partition coefficient (Wildman–Crippen LogP) is 0.327. The summed E-state index contributed by atoms with van der Waals surface area (Å²) in [6.45, 7) is 5.83. The maximum Gasteiger partial charge on any atom is 0.248 e. The molecular formula is C14H24N2O4S. The van der Waals surface area contributed by atoms with Gasteiger partial charge in [0.2, 0.25) is 11.8 Å². The minimum Gasteiger partial charge on any atom is -0.340 e. The lowest BCUT2D eigenvalue weighted by atomic mass is 9.87. The molecule has 0 aromatic rings. The molecule has 0 bridgehead atoms. The van der Waals surface area contributed by atoms with E-state index < -0.39 is 21.4 Å². The first kappa shape index (κ1) is 16.3. The molecule has 0 spiro atoms. The van der Waals surface area contributed by atoms with Gasteiger partial charge in [-0.05, 0) is 32.1 Å². The van der Waals surface area contributed by atoms with Gasteiger partial charge in [-0.1, -0.05) is 13.8 Å². The Balaban J connectivity index is 2.20. The molecule has 0 aromatic carbocycles. The van der Waals surface area contributed by atoms with Crippen molar-refractivity contribution in [1.29, 1.82) is 0 Å². The van der Waals surface area contributed by atoms with Crippen LogP contribution in [0.25, 0.3) is 0 Å². The van der Waals surface area contributed by atoms with Crippen LogP contribution in [-0.4, -0.2) is 54.8 Å². The summed E-state index contributed by atoms with van der Waals surface area (Å²) < 4.78 is 23.1. The second-order valence-corrected chi connectivity index (χ2v) is 8.41. The summed E-state index contributed by atoms with van der Waals surface area (Å²) in [6, 6.07) is -0.535. The highest BCUT2D eigenvalue weighted by atomic mass is 32.2. The van der Waals surface area contributed by atoms with Crippen LogP contribution in [0.3, 0.4) is 0 Å². The number of rotatable bonds is 4. The summed E-state index contributed by atoms with van der Waals surface area (Å²) in [7, 11) is -2.97. The van der Waals surface area contributed by atoms with Gasteiger partial charge in [-0.2, -0.15) is 0 Å². The maximum atomic E-state index is 12.8. The molecule has 0 aliphatic carbocycles. The van der Waals surface area contributed by atoms with Crippen LogP contribution in [0, 0.1) is 5.92 Å². The van der Waals surface area contributed by atoms with E-state index in [1.54, 1.807) is 11.8 Å². The Labute approximate surface area is 126 Å². The van der Waals surface area contributed by atoms with Crippen molar-refractivity contribution < 1.29 is 18.0 Å². The van der Waals surface area contributed by atoms with Crippen LogP contribution in [0.1, 0.15) is 40.0 Å². The van der Waals surface area contributed by atoms with Gasteiger partial charge < -0.3 is 10.2 Å². The van der Waals surface area contributed by atoms with Crippen molar-refractivity contribution in [2.45, 2.75) is 51.6 Å². The first-order valence-corrected chi connectivity index (χ1v) is 9.40. The van der Waals surface area contributed by atoms with E-state index in [9.17, 15) is 18.0 Å². The lowest BCUT2D eigenvalue weighted by molar-refractivity contribution is -0.155. The quantitative estimate of drug-likeness (QED) is 0.810. The normalized spacial score (nSPS) is 31.3. The third kappa shape index (κ3) is 2.93. The van der Waals surface area contributed by atoms with E-state index in [1.807, 2.05) is 13.8 Å². The molecule has 2 heterocycles. The lowest BCUT2D eigenvalue weighted by Gasteiger charge is -2.45. The Morgan fingerprint density at radius 3 is 2.38 bits per heavy atom. The molecule has 2 aliphatic rings. The van der Waals surface area contributed by atoms with Gasteiger partial charge in [0.25, 0.3) is 0 Å². The van der Waals surface area contributed by atoms with Crippen molar-refractivity contribution >= 4 is 21.7 Å². The summed E-state index contributed by atoms with van der Waals surface area (Å²) in [5, 5.41) is 2.85. The highest BCUT2D eigenvalue weighted by molar-refractivity contribution is 7.91. The van der Waals surface area contributed by atoms with Gasteiger partial charge in [-0.15, -0.1) is 0 Å². The lowest BCUT2D eigenvalue weighted by Crippen LogP contribution is -2.69. The van der Waals surface area contributed by atoms with Gasteiger partial charge >= 0.3 is 0 Å². The minimum absolute atomic E-state index is 0.0567. The van der Waals surface area contributed by atoms with E-state index in [-0.39, 0.29) is 29.2 Å². The van der Waals surface area contributed by atoms with Crippen molar-refractivity contribution in [2.75, 3.05) is 18.1 Å². The first-order valence-electron chi connectivity index (χ1n) is 7.58. The fourth-order valence-corrected chi connectivity index (χ4v) is 5.10. The Morgan fingerprint density at radius 1 is 1.29 bits per heavy atom. The molecule has 2 aliphatic heterocycles. The molecule has 6 nitrogen and oxygen atoms in total. The standard InChI is InChI=1S/C14H24N2O4S/c1-4-14(5-2)13(18)16(10(3)12(17)15-14)8-11-6-7-21(19,20)9-11/h10-11H,4-9H2,1-3H3,(H,15,17). The average Bonchev–Trinajstić information content (AvgIpc) is 2.78. The molecule has 0 radical (unpaired) electrons. The topological polar surface area (TPSA) is 83.6 Å². The third-order valence-corrected chi connectivity index (χ3v) is 6.71. The van der Waals surface area contributed by atoms with Gasteiger partial charge in [0.05, 0.1) is 11.5 Å². The van der Waals surface area contributed by atoms with E-state index in [4.69, 9.17) is 0 Å². The Hall–Kier alpha value is -1.11. The van der Waals surface area contributed by atoms with Crippen LogP contribution in [0.5, 0.6) is 0 Å². The number of sulfone groups is 1. The molecule has 2 unspecified atom stereocenters. The number of carbonyl (C=O) groups is 2. The Kier molecular flexibility index (Phi) is 4.33. The van der Waals surface area contributed by atoms with Crippen LogP contribution < -0.4 is 5.32 Å². The van der Waals surface area contributed by atoms with Crippen molar-refractivity contribution in [3.8, 4) is 0 Å². The van der Waals surface area contributed by atoms with Gasteiger partial charge in [0.1, 0.15) is 11.6 Å². The fourth-order valence-electron chi connectivity index (χ4n) is 3.25. The van der Waals surface area contributed by atoms with E-state index >= 15 is 0 Å². The molecule has 2 amide bonds. The average molecular weight is 316 g/mol. The van der Waals surface area contributed by atoms with Crippen LogP contribution in [0.15, 0.2) is 0 Å². The number of hydrogen-bond donors (Lipinski definition) is 1. The molecule has 21 heavy (non-hydrogen) atoms. The summed E-state index contributed by atoms with van der Waals surface area (Å²) in [5.74, 6) is 0.0188. The van der Waals surface area contributed by atoms with Gasteiger partial charge in [0.15, 0.2) is 9.84 Å². The number of nitrogens with one attached hydrogen (secondary N) is 1. The molecule has 2 atom stereocenters. The minimum atomic E-state index is -2.97. The number of piperazine rings is 1. The Bertz CT molecular complexity index is 539. The third-order valence-electron chi connectivity index (χ3n) is 4.87. The smallest absolute Gasteiger partial charge is 0.248 e. The second-order valence-electron chi connectivity index (χ2n) is 6.18. The largest absolute Gasteiger partial charge is 0.340 e. The van der Waals surface area contributed by atoms with E-state index in [2.05, 4.69) is 5.32 Å². The fraction of sp³-hybridized carbons (Fsp3) is 0.857. The van der Waals surface area contributed by atoms with E-state index in [0.29, 0.717) is 25.8 Å². The van der Waals surface area contributed by atoms with Gasteiger partial charge in [0, 0.05) is 6.54 Å². The summed E-state index contributed by atoms with van der Waals surface area (Å²) in [5.41, 5.74) is -0.832. The second kappa shape index (κ2) is 5.59. The molecule has 1 N–H and O–H groups in total. The van der Waals surface area contributed by atoms with Crippen molar-refractivity contribution in [2.24, 2.45) is 5.92 Å². The van der Waals surface area contributed by atoms with Crippen molar-refractivity contribution in [1.82, 2.24) is 10.2 Å². The summed E-state index contributed by atoms with van der Waals surface area (Å²) >= 11 is 0. The van der Waals surface area contributed by atoms with E-state index in [0.717, 1.165) is 0 Å². The number of amides is 2. The van der Waals surface area contributed by atoms with Crippen LogP contribution in [0.4, 0.5) is 0 Å². The SMILES string of the molecule is CCC1(CC)NC(=O)C(C)N(CC2CCS(=O)(=O)C2)C1=O. The van der Waals surface area contributed by atoms with Crippen molar-refractivity contribution in [3.05, 3.63) is 0 Å². The Morgan fingerprint density at radius 2 is 1.90 bits per heavy atom. The van der Waals surface area contributed by atoms with Gasteiger partial charge in [-0.25, -0.2) is 8.42 Å². The summed E-state index contributed by atoms with van der Waals surface area (Å²) in [4.78, 5) is 26.5. The predicted molar refractivity (Wildman–Crippen MR) is 79.4 cm³/mol. The molecule has 2 rings (SSSR count). The zero-order valence-corrected chi connectivity index (χ0v) is 13.7. The molecular weight excluding hydrogens is 292 g/mol. The number of carbonyl (C=O) groups excluding carboxylic acids is 2. The molecule has 2 fully saturated rings. The van der Waals surface area contributed by atoms with Gasteiger partial charge in [-0.3, -0.25) is 9.59 Å². The summed E-state index contributed by atoms with van der Waals surface area (Å²) in [6.07, 6.45) is 1.66. The van der Waals surface area contributed by atoms with Crippen molar-refractivity contribution in [3.63, 3.8) is 0 Å². The molecule has 7 heteroatoms. The molecule has 0 saturated carbocycles. The number of nitrogens with zero attached hydrogens (tertiary/aromatic N) is 1. The zero-order chi connectivity index (χ0) is 15.8. The van der Waals surface area contributed by atoms with Crippen LogP contribution >= 0.6 is 0 Å². The maximum absolute atomic E-state index is 12.8. The monoisotopic (exact) mass is 316 g/mol. The molecule has 0 aromatic heterocycles. The van der Waals surface area contributed by atoms with Crippen LogP contribution in [0.2, 0.25) is 0 Å². The first-order chi connectivity index (χ1) is 9.74.